The number of carbonyl (C=O) groups excluding carboxylic acids is 2. The molecular weight excluding hydrogens is 616 g/mol. The first-order valence-electron chi connectivity index (χ1n) is 12.0. The van der Waals surface area contributed by atoms with Gasteiger partial charge in [-0.3, -0.25) is 13.9 Å². The molecule has 13 heteroatoms. The van der Waals surface area contributed by atoms with Crippen LogP contribution in [0.15, 0.2) is 30.3 Å². The Bertz CT molecular complexity index is 1300. The molecule has 0 bridgehead atoms. The van der Waals surface area contributed by atoms with Gasteiger partial charge in [-0.25, -0.2) is 8.42 Å². The van der Waals surface area contributed by atoms with Gasteiger partial charge in [0.1, 0.15) is 12.6 Å². The molecule has 1 aliphatic carbocycles. The van der Waals surface area contributed by atoms with Crippen LogP contribution in [-0.4, -0.2) is 50.0 Å². The Hall–Kier alpha value is -1.42. The van der Waals surface area contributed by atoms with E-state index in [0.717, 1.165) is 36.2 Å². The third-order valence-corrected chi connectivity index (χ3v) is 9.25. The fraction of sp³-hybridized carbons (Fsp3) is 0.440. The molecule has 1 aliphatic rings. The molecule has 1 saturated carbocycles. The highest BCUT2D eigenvalue weighted by atomic mass is 35.5. The van der Waals surface area contributed by atoms with Gasteiger partial charge in [0.05, 0.1) is 37.1 Å². The van der Waals surface area contributed by atoms with E-state index in [1.165, 1.54) is 17.0 Å². The van der Waals surface area contributed by atoms with Gasteiger partial charge in [0.15, 0.2) is 0 Å². The van der Waals surface area contributed by atoms with E-state index in [9.17, 15) is 18.0 Å². The summed E-state index contributed by atoms with van der Waals surface area (Å²) in [6.45, 7) is 1.17. The molecule has 1 atom stereocenters. The van der Waals surface area contributed by atoms with Gasteiger partial charge in [-0.15, -0.1) is 0 Å². The van der Waals surface area contributed by atoms with Crippen LogP contribution in [0.2, 0.25) is 25.1 Å². The molecule has 208 valence electrons. The molecule has 0 aromatic heterocycles. The van der Waals surface area contributed by atoms with Crippen molar-refractivity contribution in [3.63, 3.8) is 0 Å². The lowest BCUT2D eigenvalue weighted by Crippen LogP contribution is -2.53. The van der Waals surface area contributed by atoms with Crippen LogP contribution in [0, 0.1) is 0 Å². The third-order valence-electron chi connectivity index (χ3n) is 6.36. The zero-order chi connectivity index (χ0) is 28.2. The molecule has 2 amide bonds. The van der Waals surface area contributed by atoms with Gasteiger partial charge in [-0.05, 0) is 49.1 Å². The summed E-state index contributed by atoms with van der Waals surface area (Å²) in [6.07, 6.45) is 5.06. The van der Waals surface area contributed by atoms with Crippen LogP contribution in [0.1, 0.15) is 44.6 Å². The quantitative estimate of drug-likeness (QED) is 0.296. The van der Waals surface area contributed by atoms with Gasteiger partial charge >= 0.3 is 0 Å². The number of anilines is 1. The average molecular weight is 644 g/mol. The Labute approximate surface area is 248 Å². The van der Waals surface area contributed by atoms with Gasteiger partial charge in [-0.1, -0.05) is 83.8 Å². The molecule has 7 nitrogen and oxygen atoms in total. The van der Waals surface area contributed by atoms with E-state index in [0.29, 0.717) is 22.0 Å². The summed E-state index contributed by atoms with van der Waals surface area (Å²) in [5.74, 6) is -0.914. The van der Waals surface area contributed by atoms with Gasteiger partial charge in [-0.2, -0.15) is 0 Å². The normalized spacial score (nSPS) is 14.8. The standard InChI is InChI=1S/C25H28Cl5N3O4S/c1-3-22(25(35)31-16-6-4-5-7-16)32(13-15-8-9-17(26)18(27)10-15)24(34)14-33(38(2,36)37)23-12-20(29)19(28)11-21(23)30/h8-12,16,22H,3-7,13-14H2,1-2H3,(H,31,35). The van der Waals surface area contributed by atoms with Crippen LogP contribution in [0.25, 0.3) is 0 Å². The first kappa shape index (κ1) is 31.1. The van der Waals surface area contributed by atoms with Crippen molar-refractivity contribution >= 4 is 85.5 Å². The lowest BCUT2D eigenvalue weighted by atomic mass is 10.1. The van der Waals surface area contributed by atoms with Gasteiger partial charge in [0.2, 0.25) is 21.8 Å². The first-order valence-corrected chi connectivity index (χ1v) is 15.7. The van der Waals surface area contributed by atoms with Gasteiger partial charge in [0.25, 0.3) is 0 Å². The number of hydrogen-bond donors (Lipinski definition) is 1. The summed E-state index contributed by atoms with van der Waals surface area (Å²) in [5.41, 5.74) is 0.619. The summed E-state index contributed by atoms with van der Waals surface area (Å²) in [7, 11) is -3.99. The lowest BCUT2D eigenvalue weighted by Gasteiger charge is -2.33. The van der Waals surface area contributed by atoms with Crippen molar-refractivity contribution in [2.45, 2.75) is 57.7 Å². The van der Waals surface area contributed by atoms with Crippen LogP contribution in [0.4, 0.5) is 5.69 Å². The van der Waals surface area contributed by atoms with Crippen molar-refractivity contribution in [3.8, 4) is 0 Å². The number of nitrogens with zero attached hydrogens (tertiary/aromatic N) is 2. The highest BCUT2D eigenvalue weighted by molar-refractivity contribution is 7.92. The summed E-state index contributed by atoms with van der Waals surface area (Å²) in [6, 6.07) is 6.68. The molecule has 38 heavy (non-hydrogen) atoms. The molecule has 2 aromatic carbocycles. The van der Waals surface area contributed by atoms with E-state index in [2.05, 4.69) is 5.32 Å². The molecule has 1 fully saturated rings. The average Bonchev–Trinajstić information content (AvgIpc) is 3.34. The monoisotopic (exact) mass is 641 g/mol. The number of carbonyl (C=O) groups is 2. The van der Waals surface area contributed by atoms with Crippen molar-refractivity contribution in [3.05, 3.63) is 61.0 Å². The molecule has 2 aromatic rings. The van der Waals surface area contributed by atoms with Crippen molar-refractivity contribution in [1.82, 2.24) is 10.2 Å². The molecule has 1 unspecified atom stereocenters. The van der Waals surface area contributed by atoms with Gasteiger partial charge < -0.3 is 10.2 Å². The van der Waals surface area contributed by atoms with E-state index in [1.807, 2.05) is 0 Å². The fourth-order valence-corrected chi connectivity index (χ4v) is 6.29. The van der Waals surface area contributed by atoms with Crippen molar-refractivity contribution in [1.29, 1.82) is 0 Å². The Morgan fingerprint density at radius 1 is 0.947 bits per heavy atom. The highest BCUT2D eigenvalue weighted by Crippen LogP contribution is 2.36. The topological polar surface area (TPSA) is 86.8 Å². The molecule has 0 radical (unpaired) electrons. The maximum absolute atomic E-state index is 13.8. The SMILES string of the molecule is CCC(C(=O)NC1CCCC1)N(Cc1ccc(Cl)c(Cl)c1)C(=O)CN(c1cc(Cl)c(Cl)cc1Cl)S(C)(=O)=O. The van der Waals surface area contributed by atoms with Crippen LogP contribution >= 0.6 is 58.0 Å². The minimum absolute atomic E-state index is 0.000300. The number of hydrogen-bond acceptors (Lipinski definition) is 4. The summed E-state index contributed by atoms with van der Waals surface area (Å²) >= 11 is 30.7. The van der Waals surface area contributed by atoms with E-state index in [4.69, 9.17) is 58.0 Å². The molecule has 0 spiro atoms. The number of amides is 2. The number of sulfonamides is 1. The summed E-state index contributed by atoms with van der Waals surface area (Å²) in [5, 5.41) is 3.89. The maximum Gasteiger partial charge on any atom is 0.244 e. The molecule has 0 heterocycles. The van der Waals surface area contributed by atoms with Crippen LogP contribution in [0.3, 0.4) is 0 Å². The van der Waals surface area contributed by atoms with E-state index in [1.54, 1.807) is 25.1 Å². The summed E-state index contributed by atoms with van der Waals surface area (Å²) in [4.78, 5) is 28.5. The van der Waals surface area contributed by atoms with Crippen molar-refractivity contribution in [2.24, 2.45) is 0 Å². The van der Waals surface area contributed by atoms with E-state index in [-0.39, 0.29) is 39.2 Å². The Kier molecular flexibility index (Phi) is 10.9. The third kappa shape index (κ3) is 7.83. The first-order chi connectivity index (χ1) is 17.8. The second-order valence-electron chi connectivity index (χ2n) is 9.17. The lowest BCUT2D eigenvalue weighted by molar-refractivity contribution is -0.140. The molecule has 1 N–H and O–H groups in total. The zero-order valence-electron chi connectivity index (χ0n) is 20.8. The molecular formula is C25H28Cl5N3O4S. The van der Waals surface area contributed by atoms with E-state index >= 15 is 0 Å². The fourth-order valence-electron chi connectivity index (χ4n) is 4.42. The smallest absolute Gasteiger partial charge is 0.244 e. The minimum atomic E-state index is -3.99. The predicted molar refractivity (Wildman–Crippen MR) is 155 cm³/mol. The number of rotatable bonds is 10. The number of nitrogens with one attached hydrogen (secondary N) is 1. The van der Waals surface area contributed by atoms with Crippen molar-refractivity contribution in [2.75, 3.05) is 17.1 Å². The van der Waals surface area contributed by atoms with Crippen LogP contribution < -0.4 is 9.62 Å². The van der Waals surface area contributed by atoms with E-state index < -0.39 is 28.5 Å². The minimum Gasteiger partial charge on any atom is -0.352 e. The van der Waals surface area contributed by atoms with Gasteiger partial charge in [0, 0.05) is 12.6 Å². The predicted octanol–water partition coefficient (Wildman–Crippen LogP) is 6.59. The molecule has 0 aliphatic heterocycles. The molecule has 3 rings (SSSR count). The Morgan fingerprint density at radius 2 is 1.55 bits per heavy atom. The second kappa shape index (κ2) is 13.3. The van der Waals surface area contributed by atoms with Crippen LogP contribution in [-0.2, 0) is 26.2 Å². The number of halogens is 5. The zero-order valence-corrected chi connectivity index (χ0v) is 25.4. The maximum atomic E-state index is 13.8. The Morgan fingerprint density at radius 3 is 2.13 bits per heavy atom. The largest absolute Gasteiger partial charge is 0.352 e. The summed E-state index contributed by atoms with van der Waals surface area (Å²) < 4.78 is 26.4. The Balaban J connectivity index is 1.98. The molecule has 0 saturated heterocycles. The van der Waals surface area contributed by atoms with Crippen molar-refractivity contribution < 1.29 is 18.0 Å². The highest BCUT2D eigenvalue weighted by Gasteiger charge is 2.33. The second-order valence-corrected chi connectivity index (χ2v) is 13.1. The number of benzene rings is 2. The van der Waals surface area contributed by atoms with Crippen LogP contribution in [0.5, 0.6) is 0 Å².